The van der Waals surface area contributed by atoms with E-state index in [2.05, 4.69) is 5.92 Å². The molecule has 0 aliphatic heterocycles. The van der Waals surface area contributed by atoms with E-state index in [0.717, 1.165) is 29.1 Å². The molecule has 0 aliphatic rings. The summed E-state index contributed by atoms with van der Waals surface area (Å²) in [7, 11) is 0. The molecule has 0 spiro atoms. The first-order chi connectivity index (χ1) is 7.65. The molecule has 0 amide bonds. The van der Waals surface area contributed by atoms with Crippen molar-refractivity contribution in [1.29, 1.82) is 0 Å². The first kappa shape index (κ1) is 12.7. The highest BCUT2D eigenvalue weighted by Crippen LogP contribution is 2.22. The second-order valence-corrected chi connectivity index (χ2v) is 4.61. The SMILES string of the molecule is C#CCCCSc1ccc(C)c(C(=O)O)c1. The number of carboxylic acid groups (broad SMARTS) is 1. The molecule has 1 aromatic rings. The van der Waals surface area contributed by atoms with E-state index < -0.39 is 5.97 Å². The number of unbranched alkanes of at least 4 members (excludes halogenated alkanes) is 1. The zero-order valence-electron chi connectivity index (χ0n) is 9.19. The molecule has 16 heavy (non-hydrogen) atoms. The number of thioether (sulfide) groups is 1. The molecule has 0 aromatic heterocycles. The average molecular weight is 234 g/mol. The lowest BCUT2D eigenvalue weighted by atomic mass is 10.1. The zero-order valence-corrected chi connectivity index (χ0v) is 10.0. The minimum absolute atomic E-state index is 0.377. The van der Waals surface area contributed by atoms with Crippen LogP contribution in [0.2, 0.25) is 0 Å². The first-order valence-electron chi connectivity index (χ1n) is 5.05. The van der Waals surface area contributed by atoms with Gasteiger partial charge >= 0.3 is 5.97 Å². The van der Waals surface area contributed by atoms with Crippen LogP contribution in [0.25, 0.3) is 0 Å². The van der Waals surface area contributed by atoms with Gasteiger partial charge in [0.1, 0.15) is 0 Å². The number of carboxylic acids is 1. The Labute approximate surface area is 100 Å². The molecular formula is C13H14O2S. The molecule has 1 N–H and O–H groups in total. The summed E-state index contributed by atoms with van der Waals surface area (Å²) in [5.41, 5.74) is 1.17. The Morgan fingerprint density at radius 1 is 1.56 bits per heavy atom. The van der Waals surface area contributed by atoms with Crippen LogP contribution >= 0.6 is 11.8 Å². The molecular weight excluding hydrogens is 220 g/mol. The maximum absolute atomic E-state index is 10.9. The third-order valence-corrected chi connectivity index (χ3v) is 3.25. The lowest BCUT2D eigenvalue weighted by molar-refractivity contribution is 0.0696. The molecule has 2 nitrogen and oxygen atoms in total. The number of hydrogen-bond donors (Lipinski definition) is 1. The normalized spacial score (nSPS) is 9.75. The number of benzene rings is 1. The number of hydrogen-bond acceptors (Lipinski definition) is 2. The van der Waals surface area contributed by atoms with Crippen LogP contribution in [-0.2, 0) is 0 Å². The molecule has 0 saturated heterocycles. The van der Waals surface area contributed by atoms with Crippen LogP contribution in [0.3, 0.4) is 0 Å². The van der Waals surface area contributed by atoms with E-state index in [0.29, 0.717) is 5.56 Å². The van der Waals surface area contributed by atoms with Crippen molar-refractivity contribution in [2.45, 2.75) is 24.7 Å². The molecule has 0 radical (unpaired) electrons. The van der Waals surface area contributed by atoms with Gasteiger partial charge < -0.3 is 5.11 Å². The zero-order chi connectivity index (χ0) is 12.0. The highest BCUT2D eigenvalue weighted by molar-refractivity contribution is 7.99. The monoisotopic (exact) mass is 234 g/mol. The number of rotatable bonds is 5. The van der Waals surface area contributed by atoms with Gasteiger partial charge in [0, 0.05) is 11.3 Å². The van der Waals surface area contributed by atoms with Crippen molar-refractivity contribution in [2.24, 2.45) is 0 Å². The topological polar surface area (TPSA) is 37.3 Å². The summed E-state index contributed by atoms with van der Waals surface area (Å²) >= 11 is 1.64. The van der Waals surface area contributed by atoms with Gasteiger partial charge in [0.05, 0.1) is 5.56 Å². The van der Waals surface area contributed by atoms with Gasteiger partial charge in [0.25, 0.3) is 0 Å². The largest absolute Gasteiger partial charge is 0.478 e. The Kier molecular flexibility index (Phi) is 4.94. The Hall–Kier alpha value is -1.40. The molecule has 0 atom stereocenters. The second-order valence-electron chi connectivity index (χ2n) is 3.44. The molecule has 3 heteroatoms. The van der Waals surface area contributed by atoms with E-state index in [9.17, 15) is 4.79 Å². The number of aryl methyl sites for hydroxylation is 1. The van der Waals surface area contributed by atoms with Crippen LogP contribution in [0.15, 0.2) is 23.1 Å². The molecule has 0 bridgehead atoms. The third-order valence-electron chi connectivity index (χ3n) is 2.17. The minimum atomic E-state index is -0.872. The third kappa shape index (κ3) is 3.63. The summed E-state index contributed by atoms with van der Waals surface area (Å²) in [5.74, 6) is 2.64. The van der Waals surface area contributed by atoms with Gasteiger partial charge in [0.15, 0.2) is 0 Å². The average Bonchev–Trinajstić information content (AvgIpc) is 2.26. The fourth-order valence-corrected chi connectivity index (χ4v) is 2.18. The highest BCUT2D eigenvalue weighted by atomic mass is 32.2. The van der Waals surface area contributed by atoms with Crippen LogP contribution in [0, 0.1) is 19.3 Å². The van der Waals surface area contributed by atoms with Crippen molar-refractivity contribution >= 4 is 17.7 Å². The van der Waals surface area contributed by atoms with E-state index in [1.54, 1.807) is 24.8 Å². The Bertz CT molecular complexity index is 418. The maximum Gasteiger partial charge on any atom is 0.335 e. The molecule has 0 heterocycles. The minimum Gasteiger partial charge on any atom is -0.478 e. The smallest absolute Gasteiger partial charge is 0.335 e. The van der Waals surface area contributed by atoms with Crippen LogP contribution in [0.1, 0.15) is 28.8 Å². The standard InChI is InChI=1S/C13H14O2S/c1-3-4-5-8-16-11-7-6-10(2)12(9-11)13(14)15/h1,6-7,9H,4-5,8H2,2H3,(H,14,15). The fourth-order valence-electron chi connectivity index (χ4n) is 1.29. The van der Waals surface area contributed by atoms with Crippen molar-refractivity contribution in [3.05, 3.63) is 29.3 Å². The second kappa shape index (κ2) is 6.24. The first-order valence-corrected chi connectivity index (χ1v) is 6.04. The lowest BCUT2D eigenvalue weighted by Gasteiger charge is -2.04. The van der Waals surface area contributed by atoms with E-state index >= 15 is 0 Å². The van der Waals surface area contributed by atoms with Gasteiger partial charge in [-0.1, -0.05) is 6.07 Å². The molecule has 0 unspecified atom stereocenters. The summed E-state index contributed by atoms with van der Waals surface area (Å²) in [4.78, 5) is 11.9. The summed E-state index contributed by atoms with van der Waals surface area (Å²) in [6, 6.07) is 5.51. The molecule has 0 aliphatic carbocycles. The predicted octanol–water partition coefficient (Wildman–Crippen LogP) is 3.20. The fraction of sp³-hybridized carbons (Fsp3) is 0.308. The quantitative estimate of drug-likeness (QED) is 0.483. The maximum atomic E-state index is 10.9. The summed E-state index contributed by atoms with van der Waals surface area (Å²) in [6.07, 6.45) is 6.88. The van der Waals surface area contributed by atoms with Crippen LogP contribution in [-0.4, -0.2) is 16.8 Å². The van der Waals surface area contributed by atoms with Crippen molar-refractivity contribution in [3.63, 3.8) is 0 Å². The Morgan fingerprint density at radius 3 is 2.94 bits per heavy atom. The Morgan fingerprint density at radius 2 is 2.31 bits per heavy atom. The van der Waals surface area contributed by atoms with Crippen molar-refractivity contribution < 1.29 is 9.90 Å². The van der Waals surface area contributed by atoms with Gasteiger partial charge in [-0.2, -0.15) is 0 Å². The number of carbonyl (C=O) groups is 1. The van der Waals surface area contributed by atoms with Gasteiger partial charge in [-0.15, -0.1) is 24.1 Å². The molecule has 0 saturated carbocycles. The van der Waals surface area contributed by atoms with E-state index in [4.69, 9.17) is 11.5 Å². The predicted molar refractivity (Wildman–Crippen MR) is 66.9 cm³/mol. The Balaban J connectivity index is 2.65. The lowest BCUT2D eigenvalue weighted by Crippen LogP contribution is -1.99. The van der Waals surface area contributed by atoms with E-state index in [1.807, 2.05) is 12.1 Å². The highest BCUT2D eigenvalue weighted by Gasteiger charge is 2.07. The van der Waals surface area contributed by atoms with Gasteiger partial charge in [0.2, 0.25) is 0 Å². The van der Waals surface area contributed by atoms with Gasteiger partial charge in [-0.3, -0.25) is 0 Å². The van der Waals surface area contributed by atoms with Crippen LogP contribution < -0.4 is 0 Å². The van der Waals surface area contributed by atoms with Crippen molar-refractivity contribution in [2.75, 3.05) is 5.75 Å². The number of terminal acetylenes is 1. The van der Waals surface area contributed by atoms with Crippen LogP contribution in [0.5, 0.6) is 0 Å². The number of aromatic carboxylic acids is 1. The summed E-state index contributed by atoms with van der Waals surface area (Å²) in [6.45, 7) is 1.80. The van der Waals surface area contributed by atoms with E-state index in [-0.39, 0.29) is 0 Å². The molecule has 1 aromatic carbocycles. The molecule has 1 rings (SSSR count). The summed E-state index contributed by atoms with van der Waals surface area (Å²) < 4.78 is 0. The summed E-state index contributed by atoms with van der Waals surface area (Å²) in [5, 5.41) is 8.96. The van der Waals surface area contributed by atoms with Crippen LogP contribution in [0.4, 0.5) is 0 Å². The molecule has 0 fully saturated rings. The van der Waals surface area contributed by atoms with Gasteiger partial charge in [-0.05, 0) is 36.8 Å². The van der Waals surface area contributed by atoms with Crippen molar-refractivity contribution in [3.8, 4) is 12.3 Å². The van der Waals surface area contributed by atoms with Gasteiger partial charge in [-0.25, -0.2) is 4.79 Å². The van der Waals surface area contributed by atoms with Crippen molar-refractivity contribution in [1.82, 2.24) is 0 Å². The van der Waals surface area contributed by atoms with E-state index in [1.165, 1.54) is 0 Å². The molecule has 84 valence electrons.